The summed E-state index contributed by atoms with van der Waals surface area (Å²) in [5.41, 5.74) is 5.88. The van der Waals surface area contributed by atoms with Gasteiger partial charge in [0.1, 0.15) is 22.9 Å². The van der Waals surface area contributed by atoms with Gasteiger partial charge in [-0.25, -0.2) is 0 Å². The molecule has 2 heterocycles. The van der Waals surface area contributed by atoms with E-state index in [1.807, 2.05) is 74.5 Å². The van der Waals surface area contributed by atoms with Gasteiger partial charge in [0.15, 0.2) is 0 Å². The van der Waals surface area contributed by atoms with Crippen LogP contribution in [-0.2, 0) is 6.54 Å². The quantitative estimate of drug-likeness (QED) is 0.299. The van der Waals surface area contributed by atoms with Crippen LogP contribution in [0.2, 0.25) is 5.02 Å². The van der Waals surface area contributed by atoms with E-state index in [1.54, 1.807) is 4.90 Å². The van der Waals surface area contributed by atoms with Crippen LogP contribution in [0.1, 0.15) is 57.7 Å². The Morgan fingerprint density at radius 1 is 1.11 bits per heavy atom. The van der Waals surface area contributed by atoms with Crippen molar-refractivity contribution < 1.29 is 14.6 Å². The molecule has 0 radical (unpaired) electrons. The van der Waals surface area contributed by atoms with E-state index in [0.717, 1.165) is 40.0 Å². The van der Waals surface area contributed by atoms with E-state index in [4.69, 9.17) is 16.3 Å². The first-order valence-electron chi connectivity index (χ1n) is 12.0. The van der Waals surface area contributed by atoms with E-state index in [-0.39, 0.29) is 11.7 Å². The molecule has 1 atom stereocenters. The number of halogens is 1. The van der Waals surface area contributed by atoms with Gasteiger partial charge in [-0.05, 0) is 66.8 Å². The monoisotopic (exact) mass is 501 g/mol. The van der Waals surface area contributed by atoms with Gasteiger partial charge in [0.05, 0.1) is 12.6 Å². The number of nitrogens with one attached hydrogen (secondary N) is 1. The molecule has 1 aliphatic heterocycles. The fraction of sp³-hybridized carbons (Fsp3) is 0.241. The topological polar surface area (TPSA) is 78.5 Å². The van der Waals surface area contributed by atoms with Gasteiger partial charge in [-0.2, -0.15) is 5.10 Å². The number of fused-ring (bicyclic) bond motifs is 1. The maximum Gasteiger partial charge on any atom is 0.273 e. The number of carbonyl (C=O) groups excluding carboxylic acids is 1. The van der Waals surface area contributed by atoms with Crippen molar-refractivity contribution in [1.82, 2.24) is 15.1 Å². The van der Waals surface area contributed by atoms with Crippen molar-refractivity contribution >= 4 is 17.5 Å². The number of nitrogens with zero attached hydrogens (tertiary/aromatic N) is 2. The predicted molar refractivity (Wildman–Crippen MR) is 141 cm³/mol. The number of carbonyl (C=O) groups is 1. The van der Waals surface area contributed by atoms with Crippen LogP contribution in [-0.4, -0.2) is 32.7 Å². The van der Waals surface area contributed by atoms with Crippen molar-refractivity contribution in [3.8, 4) is 22.8 Å². The molecule has 0 saturated heterocycles. The first-order valence-corrected chi connectivity index (χ1v) is 12.4. The molecule has 1 unspecified atom stereocenters. The lowest BCUT2D eigenvalue weighted by Gasteiger charge is -2.27. The fourth-order valence-electron chi connectivity index (χ4n) is 4.83. The summed E-state index contributed by atoms with van der Waals surface area (Å²) in [7, 11) is 0. The number of amides is 1. The summed E-state index contributed by atoms with van der Waals surface area (Å²) in [6, 6.07) is 18.8. The number of ether oxygens (including phenoxy) is 1. The standard InChI is InChI=1S/C29H28ClN3O3/c1-4-13-36-21-11-9-19(10-12-21)27-24-25(22-15-17(2)14-18(3)28(22)34)31-32-26(24)29(35)33(27)16-20-7-5-6-8-23(20)30/h5-12,14-15,27,34H,4,13,16H2,1-3H3,(H,31,32). The van der Waals surface area contributed by atoms with Crippen LogP contribution in [0.5, 0.6) is 11.5 Å². The number of hydrogen-bond donors (Lipinski definition) is 2. The van der Waals surface area contributed by atoms with Crippen LogP contribution in [0.4, 0.5) is 0 Å². The highest BCUT2D eigenvalue weighted by Crippen LogP contribution is 2.46. The van der Waals surface area contributed by atoms with Crippen molar-refractivity contribution in [3.63, 3.8) is 0 Å². The van der Waals surface area contributed by atoms with Crippen molar-refractivity contribution in [3.05, 3.63) is 99.2 Å². The summed E-state index contributed by atoms with van der Waals surface area (Å²) in [4.78, 5) is 15.5. The van der Waals surface area contributed by atoms with Gasteiger partial charge >= 0.3 is 0 Å². The van der Waals surface area contributed by atoms with E-state index in [9.17, 15) is 9.90 Å². The fourth-order valence-corrected chi connectivity index (χ4v) is 5.02. The van der Waals surface area contributed by atoms with Crippen molar-refractivity contribution in [2.45, 2.75) is 39.8 Å². The third-order valence-electron chi connectivity index (χ3n) is 6.53. The summed E-state index contributed by atoms with van der Waals surface area (Å²) >= 11 is 6.47. The Labute approximate surface area is 215 Å². The van der Waals surface area contributed by atoms with E-state index >= 15 is 0 Å². The summed E-state index contributed by atoms with van der Waals surface area (Å²) in [6.07, 6.45) is 0.922. The number of H-pyrrole nitrogens is 1. The second-order valence-corrected chi connectivity index (χ2v) is 9.59. The normalized spacial score (nSPS) is 14.8. The zero-order valence-corrected chi connectivity index (χ0v) is 21.3. The molecule has 36 heavy (non-hydrogen) atoms. The third-order valence-corrected chi connectivity index (χ3v) is 6.90. The minimum Gasteiger partial charge on any atom is -0.507 e. The molecule has 6 nitrogen and oxygen atoms in total. The first-order chi connectivity index (χ1) is 17.4. The van der Waals surface area contributed by atoms with Crippen LogP contribution >= 0.6 is 11.6 Å². The molecule has 1 aliphatic rings. The van der Waals surface area contributed by atoms with Gasteiger partial charge in [-0.15, -0.1) is 0 Å². The van der Waals surface area contributed by atoms with Gasteiger partial charge in [0, 0.05) is 22.7 Å². The molecular formula is C29H28ClN3O3. The SMILES string of the molecule is CCCOc1ccc(C2c3c(-c4cc(C)cc(C)c4O)n[nH]c3C(=O)N2Cc2ccccc2Cl)cc1. The number of rotatable bonds is 7. The molecule has 0 bridgehead atoms. The first kappa shape index (κ1) is 23.9. The van der Waals surface area contributed by atoms with Crippen molar-refractivity contribution in [2.75, 3.05) is 6.61 Å². The second-order valence-electron chi connectivity index (χ2n) is 9.18. The maximum absolute atomic E-state index is 13.7. The maximum atomic E-state index is 13.7. The Bertz CT molecular complexity index is 1430. The number of aryl methyl sites for hydroxylation is 2. The van der Waals surface area contributed by atoms with Crippen LogP contribution < -0.4 is 4.74 Å². The molecule has 1 aromatic heterocycles. The number of aromatic amines is 1. The lowest BCUT2D eigenvalue weighted by molar-refractivity contribution is 0.0730. The smallest absolute Gasteiger partial charge is 0.273 e. The second kappa shape index (κ2) is 9.70. The molecular weight excluding hydrogens is 474 g/mol. The molecule has 4 aromatic rings. The molecule has 0 saturated carbocycles. The summed E-state index contributed by atoms with van der Waals surface area (Å²) in [5.74, 6) is 0.778. The molecule has 2 N–H and O–H groups in total. The highest BCUT2D eigenvalue weighted by Gasteiger charge is 2.42. The van der Waals surface area contributed by atoms with Crippen molar-refractivity contribution in [1.29, 1.82) is 0 Å². The Morgan fingerprint density at radius 2 is 1.86 bits per heavy atom. The van der Waals surface area contributed by atoms with Crippen LogP contribution in [0.25, 0.3) is 11.3 Å². The van der Waals surface area contributed by atoms with Gasteiger partial charge in [-0.3, -0.25) is 9.89 Å². The summed E-state index contributed by atoms with van der Waals surface area (Å²) in [5, 5.41) is 19.0. The molecule has 0 fully saturated rings. The summed E-state index contributed by atoms with van der Waals surface area (Å²) < 4.78 is 5.77. The van der Waals surface area contributed by atoms with Crippen LogP contribution in [0.3, 0.4) is 0 Å². The van der Waals surface area contributed by atoms with E-state index in [2.05, 4.69) is 17.1 Å². The minimum atomic E-state index is -0.419. The predicted octanol–water partition coefficient (Wildman–Crippen LogP) is 6.59. The van der Waals surface area contributed by atoms with Crippen molar-refractivity contribution in [2.24, 2.45) is 0 Å². The number of aromatic nitrogens is 2. The number of hydrogen-bond acceptors (Lipinski definition) is 4. The van der Waals surface area contributed by atoms with E-state index in [0.29, 0.717) is 35.1 Å². The molecule has 3 aromatic carbocycles. The number of benzene rings is 3. The minimum absolute atomic E-state index is 0.161. The van der Waals surface area contributed by atoms with Gasteiger partial charge in [0.25, 0.3) is 5.91 Å². The lowest BCUT2D eigenvalue weighted by Crippen LogP contribution is -2.29. The average Bonchev–Trinajstić information content (AvgIpc) is 3.41. The molecule has 1 amide bonds. The average molecular weight is 502 g/mol. The van der Waals surface area contributed by atoms with E-state index in [1.165, 1.54) is 0 Å². The summed E-state index contributed by atoms with van der Waals surface area (Å²) in [6.45, 7) is 6.87. The zero-order valence-electron chi connectivity index (χ0n) is 20.5. The zero-order chi connectivity index (χ0) is 25.4. The van der Waals surface area contributed by atoms with Crippen LogP contribution in [0.15, 0.2) is 60.7 Å². The van der Waals surface area contributed by atoms with Gasteiger partial charge in [0.2, 0.25) is 0 Å². The molecule has 5 rings (SSSR count). The van der Waals surface area contributed by atoms with Gasteiger partial charge < -0.3 is 14.7 Å². The highest BCUT2D eigenvalue weighted by molar-refractivity contribution is 6.31. The Kier molecular flexibility index (Phi) is 6.46. The third kappa shape index (κ3) is 4.22. The number of phenols is 1. The van der Waals surface area contributed by atoms with Crippen LogP contribution in [0, 0.1) is 13.8 Å². The molecule has 0 aliphatic carbocycles. The number of phenolic OH excluding ortho intramolecular Hbond substituents is 1. The Morgan fingerprint density at radius 3 is 2.58 bits per heavy atom. The highest BCUT2D eigenvalue weighted by atomic mass is 35.5. The molecule has 0 spiro atoms. The number of aromatic hydroxyl groups is 1. The Balaban J connectivity index is 1.64. The largest absolute Gasteiger partial charge is 0.507 e. The molecule has 7 heteroatoms. The van der Waals surface area contributed by atoms with Gasteiger partial charge in [-0.1, -0.05) is 54.9 Å². The lowest BCUT2D eigenvalue weighted by atomic mass is 9.94. The molecule has 184 valence electrons. The van der Waals surface area contributed by atoms with E-state index < -0.39 is 6.04 Å². The Hall–Kier alpha value is -3.77.